The molecule has 1 N–H and O–H groups in total. The van der Waals surface area contributed by atoms with Crippen molar-refractivity contribution < 1.29 is 14.1 Å². The molecule has 0 aliphatic carbocycles. The average molecular weight is 428 g/mol. The second kappa shape index (κ2) is 10.0. The summed E-state index contributed by atoms with van der Waals surface area (Å²) in [5, 5.41) is 6.98. The van der Waals surface area contributed by atoms with Crippen molar-refractivity contribution in [2.45, 2.75) is 47.1 Å². The Morgan fingerprint density at radius 2 is 1.77 bits per heavy atom. The third-order valence-corrected chi connectivity index (χ3v) is 5.40. The maximum Gasteiger partial charge on any atom is 0.241 e. The zero-order valence-electron chi connectivity index (χ0n) is 19.0. The Labute approximate surface area is 184 Å². The van der Waals surface area contributed by atoms with Crippen LogP contribution in [0.4, 0.5) is 0 Å². The lowest BCUT2D eigenvalue weighted by atomic mass is 9.96. The van der Waals surface area contributed by atoms with Gasteiger partial charge in [-0.25, -0.2) is 0 Å². The SMILES string of the molecule is Cc1ccc(-c2noc(CN3CCN(C(=O)CCCNC(=O)C(C)(C)C)CC3)n2)cc1. The van der Waals surface area contributed by atoms with E-state index in [0.29, 0.717) is 50.7 Å². The van der Waals surface area contributed by atoms with Crippen molar-refractivity contribution in [1.82, 2.24) is 25.3 Å². The van der Waals surface area contributed by atoms with Crippen LogP contribution < -0.4 is 5.32 Å². The standard InChI is InChI=1S/C23H33N5O3/c1-17-7-9-18(10-8-17)21-25-19(31-26-21)16-27-12-14-28(15-13-27)20(29)6-5-11-24-22(30)23(2,3)4/h7-10H,5-6,11-16H2,1-4H3,(H,24,30). The molecule has 1 saturated heterocycles. The second-order valence-corrected chi connectivity index (χ2v) is 9.14. The highest BCUT2D eigenvalue weighted by Gasteiger charge is 2.23. The van der Waals surface area contributed by atoms with Crippen LogP contribution in [0.2, 0.25) is 0 Å². The van der Waals surface area contributed by atoms with Crippen molar-refractivity contribution >= 4 is 11.8 Å². The molecule has 8 nitrogen and oxygen atoms in total. The van der Waals surface area contributed by atoms with Gasteiger partial charge in [0, 0.05) is 50.1 Å². The molecular formula is C23H33N5O3. The van der Waals surface area contributed by atoms with Crippen molar-refractivity contribution in [2.75, 3.05) is 32.7 Å². The first-order chi connectivity index (χ1) is 14.7. The molecule has 1 aromatic carbocycles. The lowest BCUT2D eigenvalue weighted by molar-refractivity contribution is -0.133. The van der Waals surface area contributed by atoms with Crippen LogP contribution in [0.25, 0.3) is 11.4 Å². The molecule has 1 aromatic heterocycles. The van der Waals surface area contributed by atoms with E-state index in [0.717, 1.165) is 18.7 Å². The minimum Gasteiger partial charge on any atom is -0.356 e. The molecule has 2 heterocycles. The highest BCUT2D eigenvalue weighted by molar-refractivity contribution is 5.81. The number of amides is 2. The van der Waals surface area contributed by atoms with E-state index in [1.807, 2.05) is 56.9 Å². The fourth-order valence-corrected chi connectivity index (χ4v) is 3.35. The van der Waals surface area contributed by atoms with Crippen LogP contribution in [-0.4, -0.2) is 64.5 Å². The van der Waals surface area contributed by atoms with Gasteiger partial charge in [-0.2, -0.15) is 4.98 Å². The third kappa shape index (κ3) is 6.62. The molecule has 0 radical (unpaired) electrons. The molecule has 3 rings (SSSR count). The number of aromatic nitrogens is 2. The van der Waals surface area contributed by atoms with E-state index in [9.17, 15) is 9.59 Å². The second-order valence-electron chi connectivity index (χ2n) is 9.14. The topological polar surface area (TPSA) is 91.6 Å². The summed E-state index contributed by atoms with van der Waals surface area (Å²) in [6.07, 6.45) is 1.11. The molecule has 1 fully saturated rings. The Hall–Kier alpha value is -2.74. The van der Waals surface area contributed by atoms with E-state index in [1.54, 1.807) is 0 Å². The number of carbonyl (C=O) groups is 2. The van der Waals surface area contributed by atoms with Crippen LogP contribution in [-0.2, 0) is 16.1 Å². The summed E-state index contributed by atoms with van der Waals surface area (Å²) in [5.41, 5.74) is 1.73. The molecule has 0 spiro atoms. The number of nitrogens with zero attached hydrogens (tertiary/aromatic N) is 4. The highest BCUT2D eigenvalue weighted by atomic mass is 16.5. The van der Waals surface area contributed by atoms with Crippen LogP contribution >= 0.6 is 0 Å². The number of carbonyl (C=O) groups excluding carboxylic acids is 2. The van der Waals surface area contributed by atoms with Gasteiger partial charge in [0.15, 0.2) is 0 Å². The average Bonchev–Trinajstić information content (AvgIpc) is 3.19. The van der Waals surface area contributed by atoms with E-state index in [2.05, 4.69) is 20.4 Å². The summed E-state index contributed by atoms with van der Waals surface area (Å²) in [6, 6.07) is 8.03. The minimum atomic E-state index is -0.403. The van der Waals surface area contributed by atoms with Gasteiger partial charge >= 0.3 is 0 Å². The fraction of sp³-hybridized carbons (Fsp3) is 0.565. The molecule has 1 aliphatic heterocycles. The number of piperazine rings is 1. The van der Waals surface area contributed by atoms with Crippen LogP contribution in [0.15, 0.2) is 28.8 Å². The van der Waals surface area contributed by atoms with E-state index < -0.39 is 5.41 Å². The molecule has 1 aliphatic rings. The number of hydrogen-bond donors (Lipinski definition) is 1. The Morgan fingerprint density at radius 1 is 1.10 bits per heavy atom. The van der Waals surface area contributed by atoms with Gasteiger partial charge in [0.1, 0.15) is 0 Å². The molecule has 0 saturated carbocycles. The summed E-state index contributed by atoms with van der Waals surface area (Å²) in [5.74, 6) is 1.34. The van der Waals surface area contributed by atoms with Gasteiger partial charge in [-0.3, -0.25) is 14.5 Å². The highest BCUT2D eigenvalue weighted by Crippen LogP contribution is 2.17. The molecular weight excluding hydrogens is 394 g/mol. The lowest BCUT2D eigenvalue weighted by Gasteiger charge is -2.34. The monoisotopic (exact) mass is 427 g/mol. The summed E-state index contributed by atoms with van der Waals surface area (Å²) in [7, 11) is 0. The van der Waals surface area contributed by atoms with Crippen molar-refractivity contribution in [1.29, 1.82) is 0 Å². The molecule has 31 heavy (non-hydrogen) atoms. The maximum absolute atomic E-state index is 12.4. The first-order valence-corrected chi connectivity index (χ1v) is 10.9. The first kappa shape index (κ1) is 22.9. The molecule has 0 bridgehead atoms. The Morgan fingerprint density at radius 3 is 2.42 bits per heavy atom. The predicted molar refractivity (Wildman–Crippen MR) is 118 cm³/mol. The third-order valence-electron chi connectivity index (χ3n) is 5.40. The van der Waals surface area contributed by atoms with Crippen molar-refractivity contribution in [3.05, 3.63) is 35.7 Å². The number of hydrogen-bond acceptors (Lipinski definition) is 6. The number of benzene rings is 1. The largest absolute Gasteiger partial charge is 0.356 e. The fourth-order valence-electron chi connectivity index (χ4n) is 3.35. The maximum atomic E-state index is 12.4. The summed E-state index contributed by atoms with van der Waals surface area (Å²) in [6.45, 7) is 11.7. The first-order valence-electron chi connectivity index (χ1n) is 10.9. The van der Waals surface area contributed by atoms with Crippen LogP contribution in [0.5, 0.6) is 0 Å². The molecule has 0 atom stereocenters. The predicted octanol–water partition coefficient (Wildman–Crippen LogP) is 2.63. The van der Waals surface area contributed by atoms with Gasteiger partial charge in [0.2, 0.25) is 23.5 Å². The smallest absolute Gasteiger partial charge is 0.241 e. The van der Waals surface area contributed by atoms with Crippen molar-refractivity contribution in [3.8, 4) is 11.4 Å². The molecule has 0 unspecified atom stereocenters. The van der Waals surface area contributed by atoms with Gasteiger partial charge in [0.05, 0.1) is 6.54 Å². The van der Waals surface area contributed by atoms with Gasteiger partial charge in [-0.1, -0.05) is 55.8 Å². The Bertz CT molecular complexity index is 877. The Balaban J connectivity index is 1.38. The normalized spacial score (nSPS) is 15.2. The van der Waals surface area contributed by atoms with E-state index in [1.165, 1.54) is 5.56 Å². The van der Waals surface area contributed by atoms with Crippen LogP contribution in [0, 0.1) is 12.3 Å². The lowest BCUT2D eigenvalue weighted by Crippen LogP contribution is -2.48. The Kier molecular flexibility index (Phi) is 7.43. The summed E-state index contributed by atoms with van der Waals surface area (Å²) >= 11 is 0. The number of nitrogens with one attached hydrogen (secondary N) is 1. The number of aryl methyl sites for hydroxylation is 1. The molecule has 8 heteroatoms. The van der Waals surface area contributed by atoms with Gasteiger partial charge in [0.25, 0.3) is 0 Å². The zero-order valence-corrected chi connectivity index (χ0v) is 19.0. The van der Waals surface area contributed by atoms with E-state index in [4.69, 9.17) is 4.52 Å². The van der Waals surface area contributed by atoms with Crippen molar-refractivity contribution in [3.63, 3.8) is 0 Å². The van der Waals surface area contributed by atoms with Crippen LogP contribution in [0.3, 0.4) is 0 Å². The summed E-state index contributed by atoms with van der Waals surface area (Å²) in [4.78, 5) is 32.9. The van der Waals surface area contributed by atoms with E-state index >= 15 is 0 Å². The summed E-state index contributed by atoms with van der Waals surface area (Å²) < 4.78 is 5.42. The van der Waals surface area contributed by atoms with Gasteiger partial charge in [-0.15, -0.1) is 0 Å². The van der Waals surface area contributed by atoms with Crippen LogP contribution in [0.1, 0.15) is 45.1 Å². The minimum absolute atomic E-state index is 0.0140. The quantitative estimate of drug-likeness (QED) is 0.683. The van der Waals surface area contributed by atoms with Gasteiger partial charge < -0.3 is 14.7 Å². The molecule has 2 aromatic rings. The molecule has 168 valence electrons. The van der Waals surface area contributed by atoms with Crippen molar-refractivity contribution in [2.24, 2.45) is 5.41 Å². The number of rotatable bonds is 7. The van der Waals surface area contributed by atoms with E-state index in [-0.39, 0.29) is 11.8 Å². The van der Waals surface area contributed by atoms with Gasteiger partial charge in [-0.05, 0) is 13.3 Å². The molecule has 2 amide bonds. The zero-order chi connectivity index (χ0) is 22.4.